The van der Waals surface area contributed by atoms with Crippen molar-refractivity contribution in [1.82, 2.24) is 15.5 Å². The van der Waals surface area contributed by atoms with Gasteiger partial charge in [-0.2, -0.15) is 0 Å². The maximum absolute atomic E-state index is 5.30. The van der Waals surface area contributed by atoms with E-state index in [1.807, 2.05) is 7.05 Å². The molecule has 1 unspecified atom stereocenters. The van der Waals surface area contributed by atoms with Crippen LogP contribution in [0.4, 0.5) is 6.01 Å². The minimum Gasteiger partial charge on any atom is -0.407 e. The Labute approximate surface area is 94.5 Å². The predicted octanol–water partition coefficient (Wildman–Crippen LogP) is -0.138. The summed E-state index contributed by atoms with van der Waals surface area (Å²) in [5.41, 5.74) is 0. The number of nitrogens with one attached hydrogen (secondary N) is 2. The van der Waals surface area contributed by atoms with E-state index in [-0.39, 0.29) is 6.10 Å². The van der Waals surface area contributed by atoms with Gasteiger partial charge in [0.1, 0.15) is 0 Å². The number of hydrogen-bond donors (Lipinski definition) is 2. The molecule has 0 saturated heterocycles. The predicted molar refractivity (Wildman–Crippen MR) is 58.2 cm³/mol. The molecule has 7 heteroatoms. The fraction of sp³-hybridized carbons (Fsp3) is 0.778. The number of rotatable bonds is 8. The van der Waals surface area contributed by atoms with Crippen molar-refractivity contribution in [2.45, 2.75) is 12.6 Å². The summed E-state index contributed by atoms with van der Waals surface area (Å²) in [6.07, 6.45) is -0.0374. The van der Waals surface area contributed by atoms with Gasteiger partial charge in [0.15, 0.2) is 0 Å². The zero-order valence-electron chi connectivity index (χ0n) is 9.82. The molecule has 0 aromatic carbocycles. The molecule has 7 nitrogen and oxygen atoms in total. The van der Waals surface area contributed by atoms with Crippen molar-refractivity contribution in [2.75, 3.05) is 39.7 Å². The summed E-state index contributed by atoms with van der Waals surface area (Å²) in [7, 11) is 5.08. The van der Waals surface area contributed by atoms with Crippen molar-refractivity contribution in [1.29, 1.82) is 0 Å². The number of hydrogen-bond acceptors (Lipinski definition) is 7. The van der Waals surface area contributed by atoms with Crippen LogP contribution in [0.3, 0.4) is 0 Å². The van der Waals surface area contributed by atoms with Gasteiger partial charge in [0.05, 0.1) is 19.3 Å². The highest BCUT2D eigenvalue weighted by molar-refractivity contribution is 5.17. The molecule has 1 aromatic rings. The largest absolute Gasteiger partial charge is 0.407 e. The number of nitrogens with zero attached hydrogens (tertiary/aromatic N) is 2. The molecule has 1 aromatic heterocycles. The van der Waals surface area contributed by atoms with Crippen LogP contribution in [-0.4, -0.2) is 50.7 Å². The molecule has 2 N–H and O–H groups in total. The second-order valence-corrected chi connectivity index (χ2v) is 3.23. The van der Waals surface area contributed by atoms with Crippen LogP contribution in [0.25, 0.3) is 0 Å². The molecule has 0 amide bonds. The molecule has 0 aliphatic rings. The summed E-state index contributed by atoms with van der Waals surface area (Å²) in [6.45, 7) is 1.63. The van der Waals surface area contributed by atoms with E-state index in [1.165, 1.54) is 0 Å². The molecule has 0 aliphatic carbocycles. The van der Waals surface area contributed by atoms with E-state index in [4.69, 9.17) is 13.9 Å². The van der Waals surface area contributed by atoms with Gasteiger partial charge in [0.25, 0.3) is 0 Å². The molecule has 0 bridgehead atoms. The zero-order valence-corrected chi connectivity index (χ0v) is 9.82. The van der Waals surface area contributed by atoms with Gasteiger partial charge in [-0.15, -0.1) is 5.10 Å². The van der Waals surface area contributed by atoms with Gasteiger partial charge in [0.2, 0.25) is 5.89 Å². The Morgan fingerprint density at radius 3 is 2.81 bits per heavy atom. The molecule has 0 aliphatic heterocycles. The third kappa shape index (κ3) is 4.13. The average Bonchev–Trinajstić information content (AvgIpc) is 2.72. The van der Waals surface area contributed by atoms with Gasteiger partial charge >= 0.3 is 6.01 Å². The lowest BCUT2D eigenvalue weighted by Gasteiger charge is -2.13. The van der Waals surface area contributed by atoms with Gasteiger partial charge < -0.3 is 24.5 Å². The van der Waals surface area contributed by atoms with Crippen LogP contribution >= 0.6 is 0 Å². The van der Waals surface area contributed by atoms with E-state index < -0.39 is 0 Å². The first-order valence-corrected chi connectivity index (χ1v) is 5.02. The highest BCUT2D eigenvalue weighted by atomic mass is 16.5. The van der Waals surface area contributed by atoms with Crippen molar-refractivity contribution in [3.63, 3.8) is 0 Å². The van der Waals surface area contributed by atoms with Crippen molar-refractivity contribution >= 4 is 6.01 Å². The second-order valence-electron chi connectivity index (χ2n) is 3.23. The van der Waals surface area contributed by atoms with Gasteiger partial charge in [-0.05, 0) is 7.05 Å². The first kappa shape index (κ1) is 12.9. The summed E-state index contributed by atoms with van der Waals surface area (Å²) >= 11 is 0. The molecule has 0 spiro atoms. The summed E-state index contributed by atoms with van der Waals surface area (Å²) in [6, 6.07) is 0.392. The van der Waals surface area contributed by atoms with Crippen LogP contribution in [0.5, 0.6) is 0 Å². The maximum atomic E-state index is 5.30. The van der Waals surface area contributed by atoms with Crippen LogP contribution in [0.15, 0.2) is 4.42 Å². The van der Waals surface area contributed by atoms with E-state index in [0.29, 0.717) is 31.6 Å². The standard InChI is InChI=1S/C9H18N4O3/c1-10-5-8-12-13-9(16-8)11-4-7(15-3)6-14-2/h7,10H,4-6H2,1-3H3,(H,11,13). The van der Waals surface area contributed by atoms with E-state index in [9.17, 15) is 0 Å². The number of methoxy groups -OCH3 is 2. The lowest BCUT2D eigenvalue weighted by Crippen LogP contribution is -2.26. The Kier molecular flexibility index (Phi) is 5.76. The SMILES string of the molecule is CNCc1nnc(NCC(COC)OC)o1. The summed E-state index contributed by atoms with van der Waals surface area (Å²) in [4.78, 5) is 0. The van der Waals surface area contributed by atoms with Gasteiger partial charge in [-0.25, -0.2) is 0 Å². The average molecular weight is 230 g/mol. The molecule has 92 valence electrons. The van der Waals surface area contributed by atoms with E-state index in [1.54, 1.807) is 14.2 Å². The third-order valence-electron chi connectivity index (χ3n) is 1.96. The van der Waals surface area contributed by atoms with Crippen molar-refractivity contribution in [2.24, 2.45) is 0 Å². The lowest BCUT2D eigenvalue weighted by molar-refractivity contribution is 0.0363. The summed E-state index contributed by atoms with van der Waals surface area (Å²) in [5, 5.41) is 13.6. The van der Waals surface area contributed by atoms with E-state index in [0.717, 1.165) is 0 Å². The Hall–Kier alpha value is -1.18. The van der Waals surface area contributed by atoms with Crippen LogP contribution in [-0.2, 0) is 16.0 Å². The number of aromatic nitrogens is 2. The number of anilines is 1. The fourth-order valence-corrected chi connectivity index (χ4v) is 1.15. The first-order chi connectivity index (χ1) is 7.80. The smallest absolute Gasteiger partial charge is 0.315 e. The molecule has 0 radical (unpaired) electrons. The fourth-order valence-electron chi connectivity index (χ4n) is 1.15. The monoisotopic (exact) mass is 230 g/mol. The highest BCUT2D eigenvalue weighted by Gasteiger charge is 2.09. The topological polar surface area (TPSA) is 81.4 Å². The Balaban J connectivity index is 2.34. The van der Waals surface area contributed by atoms with Crippen LogP contribution in [0.2, 0.25) is 0 Å². The van der Waals surface area contributed by atoms with Gasteiger partial charge in [-0.1, -0.05) is 5.10 Å². The normalized spacial score (nSPS) is 12.7. The first-order valence-electron chi connectivity index (χ1n) is 5.02. The molecular weight excluding hydrogens is 212 g/mol. The maximum Gasteiger partial charge on any atom is 0.315 e. The zero-order chi connectivity index (χ0) is 11.8. The quantitative estimate of drug-likeness (QED) is 0.643. The van der Waals surface area contributed by atoms with E-state index >= 15 is 0 Å². The highest BCUT2D eigenvalue weighted by Crippen LogP contribution is 2.05. The van der Waals surface area contributed by atoms with E-state index in [2.05, 4.69) is 20.8 Å². The summed E-state index contributed by atoms with van der Waals surface area (Å²) < 4.78 is 15.5. The van der Waals surface area contributed by atoms with Gasteiger partial charge in [0, 0.05) is 20.8 Å². The lowest BCUT2D eigenvalue weighted by atomic mass is 10.4. The van der Waals surface area contributed by atoms with Crippen LogP contribution in [0.1, 0.15) is 5.89 Å². The second kappa shape index (κ2) is 7.15. The molecular formula is C9H18N4O3. The third-order valence-corrected chi connectivity index (χ3v) is 1.96. The molecule has 1 heterocycles. The minimum atomic E-state index is -0.0374. The Morgan fingerprint density at radius 2 is 2.19 bits per heavy atom. The van der Waals surface area contributed by atoms with Gasteiger partial charge in [-0.3, -0.25) is 0 Å². The molecule has 0 fully saturated rings. The van der Waals surface area contributed by atoms with Crippen molar-refractivity contribution < 1.29 is 13.9 Å². The van der Waals surface area contributed by atoms with Crippen molar-refractivity contribution in [3.8, 4) is 0 Å². The Bertz CT molecular complexity index is 292. The summed E-state index contributed by atoms with van der Waals surface area (Å²) in [5.74, 6) is 0.547. The molecule has 16 heavy (non-hydrogen) atoms. The molecule has 1 rings (SSSR count). The molecule has 1 atom stereocenters. The number of ether oxygens (including phenoxy) is 2. The van der Waals surface area contributed by atoms with Crippen LogP contribution < -0.4 is 10.6 Å². The van der Waals surface area contributed by atoms with Crippen LogP contribution in [0, 0.1) is 0 Å². The van der Waals surface area contributed by atoms with Crippen molar-refractivity contribution in [3.05, 3.63) is 5.89 Å². The Morgan fingerprint density at radius 1 is 1.38 bits per heavy atom. The minimum absolute atomic E-state index is 0.0374. The molecule has 0 saturated carbocycles.